The van der Waals surface area contributed by atoms with Crippen molar-refractivity contribution in [3.05, 3.63) is 23.8 Å². The number of carbonyl (C=O) groups excluding carboxylic acids is 1. The second-order valence-corrected chi connectivity index (χ2v) is 5.21. The van der Waals surface area contributed by atoms with Crippen molar-refractivity contribution in [3.8, 4) is 11.5 Å². The first-order valence-electron chi connectivity index (χ1n) is 6.84. The Kier molecular flexibility index (Phi) is 4.66. The minimum atomic E-state index is -0.0529. The van der Waals surface area contributed by atoms with Gasteiger partial charge >= 0.3 is 0 Å². The molecule has 0 aliphatic carbocycles. The van der Waals surface area contributed by atoms with Crippen LogP contribution in [0.4, 0.5) is 0 Å². The maximum absolute atomic E-state index is 11.9. The molecule has 0 fully saturated rings. The maximum atomic E-state index is 11.9. The summed E-state index contributed by atoms with van der Waals surface area (Å²) in [4.78, 5) is 11.9. The molecule has 2 rings (SSSR count). The van der Waals surface area contributed by atoms with E-state index in [2.05, 4.69) is 19.2 Å². The molecule has 1 aromatic rings. The fourth-order valence-corrected chi connectivity index (χ4v) is 2.02. The molecule has 0 unspecified atom stereocenters. The van der Waals surface area contributed by atoms with E-state index in [-0.39, 0.29) is 12.7 Å². The molecular formula is C15H21NO3. The minimum Gasteiger partial charge on any atom is -0.454 e. The van der Waals surface area contributed by atoms with Gasteiger partial charge in [-0.2, -0.15) is 0 Å². The molecule has 0 bridgehead atoms. The summed E-state index contributed by atoms with van der Waals surface area (Å²) in [6.45, 7) is 5.38. The van der Waals surface area contributed by atoms with E-state index < -0.39 is 0 Å². The smallest absolute Gasteiger partial charge is 0.251 e. The summed E-state index contributed by atoms with van der Waals surface area (Å²) < 4.78 is 10.5. The van der Waals surface area contributed by atoms with Crippen LogP contribution in [0.25, 0.3) is 0 Å². The molecular weight excluding hydrogens is 242 g/mol. The highest BCUT2D eigenvalue weighted by Gasteiger charge is 2.15. The van der Waals surface area contributed by atoms with Crippen LogP contribution in [-0.4, -0.2) is 19.2 Å². The number of carbonyl (C=O) groups is 1. The fourth-order valence-electron chi connectivity index (χ4n) is 2.02. The monoisotopic (exact) mass is 263 g/mol. The van der Waals surface area contributed by atoms with Gasteiger partial charge in [-0.25, -0.2) is 0 Å². The first kappa shape index (κ1) is 13.7. The van der Waals surface area contributed by atoms with Crippen LogP contribution in [0.1, 0.15) is 43.5 Å². The Morgan fingerprint density at radius 2 is 2.05 bits per heavy atom. The lowest BCUT2D eigenvalue weighted by molar-refractivity contribution is 0.0952. The van der Waals surface area contributed by atoms with Gasteiger partial charge in [-0.1, -0.05) is 26.7 Å². The largest absolute Gasteiger partial charge is 0.454 e. The summed E-state index contributed by atoms with van der Waals surface area (Å²) in [5.74, 6) is 2.02. The zero-order chi connectivity index (χ0) is 13.7. The van der Waals surface area contributed by atoms with Crippen LogP contribution < -0.4 is 14.8 Å². The fraction of sp³-hybridized carbons (Fsp3) is 0.533. The first-order chi connectivity index (χ1) is 9.16. The van der Waals surface area contributed by atoms with E-state index in [1.807, 2.05) is 0 Å². The van der Waals surface area contributed by atoms with Crippen molar-refractivity contribution in [2.75, 3.05) is 13.3 Å². The molecule has 0 saturated heterocycles. The summed E-state index contributed by atoms with van der Waals surface area (Å²) in [7, 11) is 0. The van der Waals surface area contributed by atoms with Crippen molar-refractivity contribution in [2.45, 2.75) is 33.1 Å². The minimum absolute atomic E-state index is 0.0529. The van der Waals surface area contributed by atoms with Gasteiger partial charge < -0.3 is 14.8 Å². The van der Waals surface area contributed by atoms with Gasteiger partial charge in [0.25, 0.3) is 5.91 Å². The molecule has 0 atom stereocenters. The maximum Gasteiger partial charge on any atom is 0.251 e. The number of benzene rings is 1. The van der Waals surface area contributed by atoms with Crippen molar-refractivity contribution in [1.29, 1.82) is 0 Å². The summed E-state index contributed by atoms with van der Waals surface area (Å²) in [6.07, 6.45) is 3.38. The predicted octanol–water partition coefficient (Wildman–Crippen LogP) is 2.97. The summed E-state index contributed by atoms with van der Waals surface area (Å²) in [5.41, 5.74) is 0.619. The highest BCUT2D eigenvalue weighted by atomic mass is 16.7. The zero-order valence-corrected chi connectivity index (χ0v) is 11.6. The Hall–Kier alpha value is -1.71. The molecule has 0 aromatic heterocycles. The molecule has 0 spiro atoms. The summed E-state index contributed by atoms with van der Waals surface area (Å²) >= 11 is 0. The van der Waals surface area contributed by atoms with Crippen LogP contribution in [0.2, 0.25) is 0 Å². The van der Waals surface area contributed by atoms with E-state index in [1.54, 1.807) is 18.2 Å². The van der Waals surface area contributed by atoms with E-state index >= 15 is 0 Å². The number of fused-ring (bicyclic) bond motifs is 1. The second kappa shape index (κ2) is 6.45. The lowest BCUT2D eigenvalue weighted by Crippen LogP contribution is -2.24. The van der Waals surface area contributed by atoms with Crippen LogP contribution in [0.3, 0.4) is 0 Å². The Morgan fingerprint density at radius 1 is 1.26 bits per heavy atom. The van der Waals surface area contributed by atoms with Gasteiger partial charge in [-0.15, -0.1) is 0 Å². The molecule has 104 valence electrons. The number of hydrogen-bond donors (Lipinski definition) is 1. The topological polar surface area (TPSA) is 47.6 Å². The molecule has 1 aromatic carbocycles. The van der Waals surface area contributed by atoms with Crippen molar-refractivity contribution >= 4 is 5.91 Å². The van der Waals surface area contributed by atoms with Gasteiger partial charge in [0, 0.05) is 12.1 Å². The number of ether oxygens (including phenoxy) is 2. The number of unbranched alkanes of at least 4 members (excludes halogenated alkanes) is 1. The Labute approximate surface area is 114 Å². The van der Waals surface area contributed by atoms with Crippen molar-refractivity contribution < 1.29 is 14.3 Å². The molecule has 4 nitrogen and oxygen atoms in total. The third kappa shape index (κ3) is 3.88. The molecule has 0 saturated carbocycles. The number of rotatable bonds is 6. The third-order valence-corrected chi connectivity index (χ3v) is 3.13. The van der Waals surface area contributed by atoms with E-state index in [0.29, 0.717) is 17.1 Å². The van der Waals surface area contributed by atoms with Crippen LogP contribution in [0, 0.1) is 5.92 Å². The molecule has 1 aliphatic rings. The van der Waals surface area contributed by atoms with Crippen molar-refractivity contribution in [1.82, 2.24) is 5.32 Å². The summed E-state index contributed by atoms with van der Waals surface area (Å²) in [5, 5.41) is 2.93. The quantitative estimate of drug-likeness (QED) is 0.803. The first-order valence-corrected chi connectivity index (χ1v) is 6.84. The molecule has 19 heavy (non-hydrogen) atoms. The Bertz CT molecular complexity index is 443. The van der Waals surface area contributed by atoms with Crippen LogP contribution in [0.15, 0.2) is 18.2 Å². The predicted molar refractivity (Wildman–Crippen MR) is 73.6 cm³/mol. The van der Waals surface area contributed by atoms with Gasteiger partial charge in [0.2, 0.25) is 6.79 Å². The van der Waals surface area contributed by atoms with E-state index in [9.17, 15) is 4.79 Å². The lowest BCUT2D eigenvalue weighted by atomic mass is 10.1. The molecule has 1 amide bonds. The molecule has 1 heterocycles. The lowest BCUT2D eigenvalue weighted by Gasteiger charge is -2.07. The Balaban J connectivity index is 1.77. The third-order valence-electron chi connectivity index (χ3n) is 3.13. The van der Waals surface area contributed by atoms with Gasteiger partial charge in [0.1, 0.15) is 0 Å². The molecule has 1 aliphatic heterocycles. The van der Waals surface area contributed by atoms with E-state index in [4.69, 9.17) is 9.47 Å². The van der Waals surface area contributed by atoms with Crippen molar-refractivity contribution in [2.24, 2.45) is 5.92 Å². The summed E-state index contributed by atoms with van der Waals surface area (Å²) in [6, 6.07) is 5.26. The SMILES string of the molecule is CC(C)CCCCNC(=O)c1ccc2c(c1)OCO2. The highest BCUT2D eigenvalue weighted by Crippen LogP contribution is 2.32. The van der Waals surface area contributed by atoms with Gasteiger partial charge in [0.05, 0.1) is 0 Å². The van der Waals surface area contributed by atoms with Crippen molar-refractivity contribution in [3.63, 3.8) is 0 Å². The second-order valence-electron chi connectivity index (χ2n) is 5.21. The van der Waals surface area contributed by atoms with Gasteiger partial charge in [-0.3, -0.25) is 4.79 Å². The van der Waals surface area contributed by atoms with Crippen LogP contribution in [0.5, 0.6) is 11.5 Å². The highest BCUT2D eigenvalue weighted by molar-refractivity contribution is 5.94. The number of hydrogen-bond acceptors (Lipinski definition) is 3. The number of amides is 1. The molecule has 0 radical (unpaired) electrons. The number of nitrogens with one attached hydrogen (secondary N) is 1. The zero-order valence-electron chi connectivity index (χ0n) is 11.6. The van der Waals surface area contributed by atoms with E-state index in [0.717, 1.165) is 25.3 Å². The molecule has 1 N–H and O–H groups in total. The van der Waals surface area contributed by atoms with Crippen LogP contribution in [-0.2, 0) is 0 Å². The average Bonchev–Trinajstić information content (AvgIpc) is 2.84. The molecule has 4 heteroatoms. The standard InChI is InChI=1S/C15H21NO3/c1-11(2)5-3-4-8-16-15(17)12-6-7-13-14(9-12)19-10-18-13/h6-7,9,11H,3-5,8,10H2,1-2H3,(H,16,17). The van der Waals surface area contributed by atoms with Crippen LogP contribution >= 0.6 is 0 Å². The Morgan fingerprint density at radius 3 is 2.84 bits per heavy atom. The normalized spacial score (nSPS) is 12.8. The van der Waals surface area contributed by atoms with Gasteiger partial charge in [-0.05, 0) is 30.5 Å². The van der Waals surface area contributed by atoms with E-state index in [1.165, 1.54) is 6.42 Å². The average molecular weight is 263 g/mol. The van der Waals surface area contributed by atoms with Gasteiger partial charge in [0.15, 0.2) is 11.5 Å².